The van der Waals surface area contributed by atoms with Crippen LogP contribution >= 0.6 is 0 Å². The largest absolute Gasteiger partial charge is 0.484 e. The van der Waals surface area contributed by atoms with Gasteiger partial charge in [-0.2, -0.15) is 0 Å². The van der Waals surface area contributed by atoms with Crippen LogP contribution in [0.4, 0.5) is 0 Å². The van der Waals surface area contributed by atoms with Crippen molar-refractivity contribution < 1.29 is 19.4 Å². The van der Waals surface area contributed by atoms with Gasteiger partial charge in [-0.3, -0.25) is 9.59 Å². The van der Waals surface area contributed by atoms with Gasteiger partial charge < -0.3 is 15.2 Å². The lowest BCUT2D eigenvalue weighted by Crippen LogP contribution is -2.42. The molecule has 5 nitrogen and oxygen atoms in total. The highest BCUT2D eigenvalue weighted by Crippen LogP contribution is 2.25. The molecule has 0 aromatic heterocycles. The lowest BCUT2D eigenvalue weighted by molar-refractivity contribution is -0.142. The summed E-state index contributed by atoms with van der Waals surface area (Å²) in [6, 6.07) is 5.38. The summed E-state index contributed by atoms with van der Waals surface area (Å²) in [6.45, 7) is 3.90. The maximum Gasteiger partial charge on any atom is 0.308 e. The van der Waals surface area contributed by atoms with Crippen LogP contribution in [0.25, 0.3) is 0 Å². The fraction of sp³-hybridized carbons (Fsp3) is 0.500. The van der Waals surface area contributed by atoms with Gasteiger partial charge in [-0.25, -0.2) is 0 Å². The van der Waals surface area contributed by atoms with Crippen LogP contribution in [0.2, 0.25) is 0 Å². The molecule has 21 heavy (non-hydrogen) atoms. The van der Waals surface area contributed by atoms with E-state index in [9.17, 15) is 9.59 Å². The number of carbonyl (C=O) groups is 2. The Kier molecular flexibility index (Phi) is 4.83. The van der Waals surface area contributed by atoms with Crippen LogP contribution < -0.4 is 10.1 Å². The second-order valence-corrected chi connectivity index (χ2v) is 5.58. The monoisotopic (exact) mass is 291 g/mol. The van der Waals surface area contributed by atoms with Crippen LogP contribution in [0.5, 0.6) is 5.75 Å². The summed E-state index contributed by atoms with van der Waals surface area (Å²) in [5, 5.41) is 11.8. The zero-order valence-corrected chi connectivity index (χ0v) is 12.4. The van der Waals surface area contributed by atoms with Crippen molar-refractivity contribution in [2.75, 3.05) is 6.61 Å². The highest BCUT2D eigenvalue weighted by molar-refractivity contribution is 5.79. The van der Waals surface area contributed by atoms with Crippen LogP contribution in [-0.2, 0) is 9.59 Å². The minimum absolute atomic E-state index is 0.0919. The molecule has 0 bridgehead atoms. The molecule has 2 N–H and O–H groups in total. The Morgan fingerprint density at radius 1 is 1.29 bits per heavy atom. The number of ether oxygens (including phenoxy) is 1. The molecular formula is C16H21NO4. The molecule has 0 radical (unpaired) electrons. The molecule has 1 aromatic rings. The Morgan fingerprint density at radius 3 is 2.71 bits per heavy atom. The molecule has 0 saturated heterocycles. The highest BCUT2D eigenvalue weighted by atomic mass is 16.5. The highest BCUT2D eigenvalue weighted by Gasteiger charge is 2.33. The van der Waals surface area contributed by atoms with Gasteiger partial charge in [0, 0.05) is 6.04 Å². The smallest absolute Gasteiger partial charge is 0.308 e. The first kappa shape index (κ1) is 15.4. The van der Waals surface area contributed by atoms with E-state index in [-0.39, 0.29) is 18.6 Å². The number of hydrogen-bond acceptors (Lipinski definition) is 3. The van der Waals surface area contributed by atoms with Crippen molar-refractivity contribution >= 4 is 11.9 Å². The molecule has 2 rings (SSSR count). The van der Waals surface area contributed by atoms with E-state index in [1.54, 1.807) is 0 Å². The minimum Gasteiger partial charge on any atom is -0.484 e. The Balaban J connectivity index is 1.84. The molecule has 2 atom stereocenters. The zero-order valence-electron chi connectivity index (χ0n) is 12.4. The number of aryl methyl sites for hydroxylation is 2. The number of carboxylic acid groups (broad SMARTS) is 1. The molecule has 1 amide bonds. The van der Waals surface area contributed by atoms with Crippen molar-refractivity contribution in [3.63, 3.8) is 0 Å². The van der Waals surface area contributed by atoms with Gasteiger partial charge in [-0.05, 0) is 49.9 Å². The molecule has 1 aromatic carbocycles. The predicted molar refractivity (Wildman–Crippen MR) is 78.3 cm³/mol. The normalized spacial score (nSPS) is 21.0. The number of carboxylic acids is 1. The van der Waals surface area contributed by atoms with Crippen LogP contribution in [0.1, 0.15) is 30.4 Å². The van der Waals surface area contributed by atoms with E-state index in [0.29, 0.717) is 18.6 Å². The topological polar surface area (TPSA) is 75.6 Å². The number of aliphatic carboxylic acids is 1. The second-order valence-electron chi connectivity index (χ2n) is 5.58. The molecule has 5 heteroatoms. The van der Waals surface area contributed by atoms with Gasteiger partial charge in [0.1, 0.15) is 5.75 Å². The van der Waals surface area contributed by atoms with Crippen LogP contribution in [0.15, 0.2) is 18.2 Å². The molecule has 114 valence electrons. The van der Waals surface area contributed by atoms with E-state index < -0.39 is 11.9 Å². The fourth-order valence-electron chi connectivity index (χ4n) is 2.63. The second kappa shape index (κ2) is 6.61. The first-order valence-electron chi connectivity index (χ1n) is 7.19. The third-order valence-corrected chi connectivity index (χ3v) is 4.03. The van der Waals surface area contributed by atoms with Crippen molar-refractivity contribution in [2.24, 2.45) is 5.92 Å². The van der Waals surface area contributed by atoms with Crippen molar-refractivity contribution in [3.05, 3.63) is 29.3 Å². The predicted octanol–water partition coefficient (Wildman–Crippen LogP) is 2.05. The molecule has 1 fully saturated rings. The molecular weight excluding hydrogens is 270 g/mol. The van der Waals surface area contributed by atoms with Crippen molar-refractivity contribution in [2.45, 2.75) is 39.2 Å². The van der Waals surface area contributed by atoms with Gasteiger partial charge in [-0.15, -0.1) is 0 Å². The van der Waals surface area contributed by atoms with Gasteiger partial charge in [0.25, 0.3) is 5.91 Å². The van der Waals surface area contributed by atoms with Crippen LogP contribution in [0, 0.1) is 19.8 Å². The van der Waals surface area contributed by atoms with Gasteiger partial charge in [0.2, 0.25) is 0 Å². The van der Waals surface area contributed by atoms with Crippen LogP contribution in [0.3, 0.4) is 0 Å². The van der Waals surface area contributed by atoms with Gasteiger partial charge in [0.05, 0.1) is 5.92 Å². The maximum atomic E-state index is 11.9. The quantitative estimate of drug-likeness (QED) is 0.870. The molecule has 1 aliphatic carbocycles. The fourth-order valence-corrected chi connectivity index (χ4v) is 2.63. The molecule has 0 heterocycles. The van der Waals surface area contributed by atoms with Crippen LogP contribution in [-0.4, -0.2) is 29.6 Å². The van der Waals surface area contributed by atoms with E-state index in [1.165, 1.54) is 5.56 Å². The molecule has 0 spiro atoms. The molecule has 1 saturated carbocycles. The molecule has 0 unspecified atom stereocenters. The number of carbonyl (C=O) groups excluding carboxylic acids is 1. The summed E-state index contributed by atoms with van der Waals surface area (Å²) in [6.07, 6.45) is 2.17. The summed E-state index contributed by atoms with van der Waals surface area (Å²) in [7, 11) is 0. The number of rotatable bonds is 5. The van der Waals surface area contributed by atoms with Gasteiger partial charge >= 0.3 is 5.97 Å². The average Bonchev–Trinajstić information content (AvgIpc) is 2.88. The van der Waals surface area contributed by atoms with E-state index in [1.807, 2.05) is 32.0 Å². The zero-order chi connectivity index (χ0) is 15.4. The Labute approximate surface area is 124 Å². The number of hydrogen-bond donors (Lipinski definition) is 2. The lowest BCUT2D eigenvalue weighted by atomic mass is 10.0. The Bertz CT molecular complexity index is 541. The standard InChI is InChI=1S/C16H21NO4/c1-10-6-7-12(8-11(10)2)21-9-15(18)17-14-5-3-4-13(14)16(19)20/h6-8,13-14H,3-5,9H2,1-2H3,(H,17,18)(H,19,20)/t13-,14+/m0/s1. The summed E-state index contributed by atoms with van der Waals surface area (Å²) in [4.78, 5) is 22.9. The maximum absolute atomic E-state index is 11.9. The summed E-state index contributed by atoms with van der Waals surface area (Å²) >= 11 is 0. The summed E-state index contributed by atoms with van der Waals surface area (Å²) in [5.41, 5.74) is 2.27. The van der Waals surface area contributed by atoms with Gasteiger partial charge in [-0.1, -0.05) is 12.5 Å². The molecule has 0 aliphatic heterocycles. The minimum atomic E-state index is -0.840. The first-order chi connectivity index (χ1) is 9.97. The van der Waals surface area contributed by atoms with Crippen molar-refractivity contribution in [1.29, 1.82) is 0 Å². The van der Waals surface area contributed by atoms with Crippen molar-refractivity contribution in [3.8, 4) is 5.75 Å². The third-order valence-electron chi connectivity index (χ3n) is 4.03. The van der Waals surface area contributed by atoms with Crippen molar-refractivity contribution in [1.82, 2.24) is 5.32 Å². The SMILES string of the molecule is Cc1ccc(OCC(=O)N[C@@H]2CCC[C@@H]2C(=O)O)cc1C. The first-order valence-corrected chi connectivity index (χ1v) is 7.19. The number of benzene rings is 1. The molecule has 1 aliphatic rings. The summed E-state index contributed by atoms with van der Waals surface area (Å²) < 4.78 is 5.45. The van der Waals surface area contributed by atoms with E-state index in [4.69, 9.17) is 9.84 Å². The van der Waals surface area contributed by atoms with E-state index in [2.05, 4.69) is 5.32 Å². The third kappa shape index (κ3) is 3.97. The lowest BCUT2D eigenvalue weighted by Gasteiger charge is -2.17. The van der Waals surface area contributed by atoms with E-state index in [0.717, 1.165) is 12.0 Å². The van der Waals surface area contributed by atoms with E-state index >= 15 is 0 Å². The number of amides is 1. The Hall–Kier alpha value is -2.04. The Morgan fingerprint density at radius 2 is 2.05 bits per heavy atom. The van der Waals surface area contributed by atoms with Gasteiger partial charge in [0.15, 0.2) is 6.61 Å². The summed E-state index contributed by atoms with van der Waals surface area (Å²) in [5.74, 6) is -0.940. The number of nitrogens with one attached hydrogen (secondary N) is 1. The average molecular weight is 291 g/mol.